The molecule has 0 saturated carbocycles. The molecule has 1 aromatic carbocycles. The number of hydrogen-bond acceptors (Lipinski definition) is 3. The lowest BCUT2D eigenvalue weighted by atomic mass is 10.2. The van der Waals surface area contributed by atoms with Gasteiger partial charge in [0.25, 0.3) is 0 Å². The number of carbonyl (C=O) groups excluding carboxylic acids is 1. The molecule has 90 valence electrons. The molecule has 3 nitrogen and oxygen atoms in total. The molecule has 1 N–H and O–H groups in total. The highest BCUT2D eigenvalue weighted by molar-refractivity contribution is 8.13. The van der Waals surface area contributed by atoms with E-state index in [0.717, 1.165) is 16.3 Å². The molecule has 17 heavy (non-hydrogen) atoms. The fourth-order valence-corrected chi connectivity index (χ4v) is 2.58. The highest BCUT2D eigenvalue weighted by Gasteiger charge is 2.17. The molecule has 0 fully saturated rings. The van der Waals surface area contributed by atoms with Gasteiger partial charge < -0.3 is 5.32 Å². The fourth-order valence-electron chi connectivity index (χ4n) is 1.52. The van der Waals surface area contributed by atoms with Crippen molar-refractivity contribution in [3.05, 3.63) is 34.9 Å². The Kier molecular flexibility index (Phi) is 4.07. The van der Waals surface area contributed by atoms with Crippen molar-refractivity contribution in [2.75, 3.05) is 0 Å². The van der Waals surface area contributed by atoms with Crippen molar-refractivity contribution in [1.29, 1.82) is 0 Å². The van der Waals surface area contributed by atoms with Gasteiger partial charge in [0.2, 0.25) is 5.91 Å². The van der Waals surface area contributed by atoms with Crippen molar-refractivity contribution in [3.63, 3.8) is 0 Å². The molecule has 0 spiro atoms. The molecule has 0 aliphatic carbocycles. The van der Waals surface area contributed by atoms with Gasteiger partial charge in [0.05, 0.1) is 6.04 Å². The third-order valence-corrected chi connectivity index (χ3v) is 3.56. The van der Waals surface area contributed by atoms with Crippen molar-refractivity contribution >= 4 is 34.4 Å². The van der Waals surface area contributed by atoms with Crippen LogP contribution in [0.3, 0.4) is 0 Å². The number of amidine groups is 1. The van der Waals surface area contributed by atoms with Crippen LogP contribution in [-0.2, 0) is 10.5 Å². The minimum absolute atomic E-state index is 0.0473. The predicted molar refractivity (Wildman–Crippen MR) is 72.4 cm³/mol. The van der Waals surface area contributed by atoms with E-state index in [1.807, 2.05) is 31.2 Å². The molecule has 1 aromatic rings. The van der Waals surface area contributed by atoms with Crippen LogP contribution in [-0.4, -0.2) is 17.1 Å². The second-order valence-corrected chi connectivity index (χ2v) is 5.35. The molecule has 0 bridgehead atoms. The van der Waals surface area contributed by atoms with Gasteiger partial charge in [-0.2, -0.15) is 0 Å². The van der Waals surface area contributed by atoms with Crippen molar-refractivity contribution in [2.45, 2.75) is 25.1 Å². The molecule has 1 atom stereocenters. The first-order chi connectivity index (χ1) is 8.13. The number of benzene rings is 1. The number of hydrogen-bond donors (Lipinski definition) is 1. The highest BCUT2D eigenvalue weighted by Crippen LogP contribution is 2.18. The summed E-state index contributed by atoms with van der Waals surface area (Å²) in [5, 5.41) is 4.22. The molecule has 0 saturated heterocycles. The van der Waals surface area contributed by atoms with E-state index >= 15 is 0 Å². The number of halogens is 1. The molecule has 1 aliphatic heterocycles. The summed E-state index contributed by atoms with van der Waals surface area (Å²) in [4.78, 5) is 15.7. The lowest BCUT2D eigenvalue weighted by molar-refractivity contribution is -0.120. The first-order valence-electron chi connectivity index (χ1n) is 5.38. The zero-order chi connectivity index (χ0) is 12.3. The van der Waals surface area contributed by atoms with E-state index in [1.54, 1.807) is 0 Å². The Bertz CT molecular complexity index is 444. The molecule has 5 heteroatoms. The standard InChI is InChI=1S/C12H13ClN2OS/c1-8-6-11(16)15-12(14-8)17-7-9-2-4-10(13)5-3-9/h2-5,8H,6-7H2,1H3,(H,14,15,16)/t8-/m1/s1. The molecule has 0 aromatic heterocycles. The van der Waals surface area contributed by atoms with E-state index in [2.05, 4.69) is 10.3 Å². The summed E-state index contributed by atoms with van der Waals surface area (Å²) in [6.07, 6.45) is 0.477. The quantitative estimate of drug-likeness (QED) is 0.896. The molecule has 1 aliphatic rings. The molecule has 1 heterocycles. The Morgan fingerprint density at radius 2 is 2.18 bits per heavy atom. The number of rotatable bonds is 2. The van der Waals surface area contributed by atoms with E-state index in [1.165, 1.54) is 11.8 Å². The third kappa shape index (κ3) is 3.75. The first kappa shape index (κ1) is 12.5. The minimum atomic E-state index is 0.0473. The Balaban J connectivity index is 1.94. The van der Waals surface area contributed by atoms with E-state index in [9.17, 15) is 4.79 Å². The second kappa shape index (κ2) is 5.56. The van der Waals surface area contributed by atoms with Gasteiger partial charge in [0.15, 0.2) is 5.17 Å². The molecule has 2 rings (SSSR count). The van der Waals surface area contributed by atoms with Crippen molar-refractivity contribution in [2.24, 2.45) is 4.99 Å². The monoisotopic (exact) mass is 268 g/mol. The van der Waals surface area contributed by atoms with Crippen LogP contribution in [0.4, 0.5) is 0 Å². The van der Waals surface area contributed by atoms with Crippen LogP contribution in [0.15, 0.2) is 29.3 Å². The second-order valence-electron chi connectivity index (χ2n) is 3.95. The summed E-state index contributed by atoms with van der Waals surface area (Å²) >= 11 is 7.35. The Morgan fingerprint density at radius 3 is 2.82 bits per heavy atom. The van der Waals surface area contributed by atoms with Crippen LogP contribution in [0.2, 0.25) is 5.02 Å². The fraction of sp³-hybridized carbons (Fsp3) is 0.333. The lowest BCUT2D eigenvalue weighted by Gasteiger charge is -2.17. The SMILES string of the molecule is C[C@@H]1CC(=O)NC(SCc2ccc(Cl)cc2)=N1. The van der Waals surface area contributed by atoms with Gasteiger partial charge in [-0.1, -0.05) is 35.5 Å². The Hall–Kier alpha value is -1.00. The highest BCUT2D eigenvalue weighted by atomic mass is 35.5. The largest absolute Gasteiger partial charge is 0.305 e. The van der Waals surface area contributed by atoms with Gasteiger partial charge in [-0.25, -0.2) is 0 Å². The maximum Gasteiger partial charge on any atom is 0.228 e. The number of aliphatic imine (C=N–C) groups is 1. The zero-order valence-corrected chi connectivity index (χ0v) is 11.0. The minimum Gasteiger partial charge on any atom is -0.305 e. The van der Waals surface area contributed by atoms with Crippen LogP contribution in [0.25, 0.3) is 0 Å². The third-order valence-electron chi connectivity index (χ3n) is 2.35. The summed E-state index contributed by atoms with van der Waals surface area (Å²) in [5.41, 5.74) is 1.16. The van der Waals surface area contributed by atoms with Crippen molar-refractivity contribution in [1.82, 2.24) is 5.32 Å². The number of thioether (sulfide) groups is 1. The summed E-state index contributed by atoms with van der Waals surface area (Å²) in [6.45, 7) is 1.95. The number of nitrogens with zero attached hydrogens (tertiary/aromatic N) is 1. The van der Waals surface area contributed by atoms with Gasteiger partial charge in [0.1, 0.15) is 0 Å². The maximum atomic E-state index is 11.3. The molecular weight excluding hydrogens is 256 g/mol. The molecule has 0 radical (unpaired) electrons. The predicted octanol–water partition coefficient (Wildman–Crippen LogP) is 2.84. The average molecular weight is 269 g/mol. The van der Waals surface area contributed by atoms with Crippen LogP contribution >= 0.6 is 23.4 Å². The van der Waals surface area contributed by atoms with E-state index in [-0.39, 0.29) is 11.9 Å². The number of carbonyl (C=O) groups is 1. The first-order valence-corrected chi connectivity index (χ1v) is 6.75. The summed E-state index contributed by atoms with van der Waals surface area (Å²) in [5.74, 6) is 0.828. The summed E-state index contributed by atoms with van der Waals surface area (Å²) in [7, 11) is 0. The van der Waals surface area contributed by atoms with Gasteiger partial charge in [-0.05, 0) is 24.6 Å². The molecular formula is C12H13ClN2OS. The normalized spacial score (nSPS) is 19.8. The number of nitrogens with one attached hydrogen (secondary N) is 1. The van der Waals surface area contributed by atoms with Crippen LogP contribution < -0.4 is 5.32 Å². The Labute approximate surface area is 110 Å². The maximum absolute atomic E-state index is 11.3. The zero-order valence-electron chi connectivity index (χ0n) is 9.44. The van der Waals surface area contributed by atoms with Gasteiger partial charge in [0, 0.05) is 17.2 Å². The van der Waals surface area contributed by atoms with Gasteiger partial charge in [-0.3, -0.25) is 9.79 Å². The van der Waals surface area contributed by atoms with Crippen LogP contribution in [0.1, 0.15) is 18.9 Å². The van der Waals surface area contributed by atoms with E-state index in [4.69, 9.17) is 11.6 Å². The van der Waals surface area contributed by atoms with E-state index in [0.29, 0.717) is 11.6 Å². The lowest BCUT2D eigenvalue weighted by Crippen LogP contribution is -2.35. The average Bonchev–Trinajstić information content (AvgIpc) is 2.27. The van der Waals surface area contributed by atoms with Crippen molar-refractivity contribution < 1.29 is 4.79 Å². The van der Waals surface area contributed by atoms with Gasteiger partial charge >= 0.3 is 0 Å². The molecule has 0 unspecified atom stereocenters. The van der Waals surface area contributed by atoms with E-state index < -0.39 is 0 Å². The van der Waals surface area contributed by atoms with Crippen molar-refractivity contribution in [3.8, 4) is 0 Å². The smallest absolute Gasteiger partial charge is 0.228 e. The summed E-state index contributed by atoms with van der Waals surface area (Å²) in [6, 6.07) is 7.76. The topological polar surface area (TPSA) is 41.5 Å². The Morgan fingerprint density at radius 1 is 1.47 bits per heavy atom. The van der Waals surface area contributed by atoms with Crippen LogP contribution in [0.5, 0.6) is 0 Å². The number of amides is 1. The van der Waals surface area contributed by atoms with Crippen LogP contribution in [0, 0.1) is 0 Å². The summed E-state index contributed by atoms with van der Waals surface area (Å²) < 4.78 is 0. The van der Waals surface area contributed by atoms with Gasteiger partial charge in [-0.15, -0.1) is 0 Å². The molecule has 1 amide bonds.